The van der Waals surface area contributed by atoms with Crippen LogP contribution in [0.3, 0.4) is 0 Å². The molecule has 0 bridgehead atoms. The monoisotopic (exact) mass is 374 g/mol. The van der Waals surface area contributed by atoms with Crippen LogP contribution in [-0.2, 0) is 16.1 Å². The molecule has 1 heterocycles. The van der Waals surface area contributed by atoms with E-state index in [1.807, 2.05) is 0 Å². The van der Waals surface area contributed by atoms with E-state index >= 15 is 0 Å². The van der Waals surface area contributed by atoms with Crippen LogP contribution in [0.25, 0.3) is 0 Å². The van der Waals surface area contributed by atoms with Gasteiger partial charge in [0.05, 0.1) is 13.2 Å². The number of amides is 1. The van der Waals surface area contributed by atoms with Gasteiger partial charge in [0.25, 0.3) is 5.91 Å². The number of ether oxygens (including phenoxy) is 2. The van der Waals surface area contributed by atoms with Gasteiger partial charge in [-0.05, 0) is 42.0 Å². The molecule has 0 aromatic heterocycles. The first-order chi connectivity index (χ1) is 12.6. The van der Waals surface area contributed by atoms with Crippen LogP contribution in [0.2, 0.25) is 5.02 Å². The third-order valence-electron chi connectivity index (χ3n) is 4.33. The smallest absolute Gasteiger partial charge is 0.260 e. The van der Waals surface area contributed by atoms with Gasteiger partial charge in [0.15, 0.2) is 6.61 Å². The third-order valence-corrected chi connectivity index (χ3v) is 4.59. The number of anilines is 1. The number of morpholine rings is 1. The van der Waals surface area contributed by atoms with Crippen molar-refractivity contribution in [3.63, 3.8) is 0 Å². The zero-order chi connectivity index (χ0) is 18.4. The third kappa shape index (κ3) is 5.13. The van der Waals surface area contributed by atoms with Crippen LogP contribution < -0.4 is 9.64 Å². The second kappa shape index (κ2) is 8.92. The molecular formula is C20H23ClN2O3. The fraction of sp³-hybridized carbons (Fsp3) is 0.350. The molecule has 0 spiro atoms. The molecule has 0 unspecified atom stereocenters. The highest BCUT2D eigenvalue weighted by Crippen LogP contribution is 2.18. The van der Waals surface area contributed by atoms with Gasteiger partial charge in [-0.2, -0.15) is 0 Å². The molecule has 26 heavy (non-hydrogen) atoms. The van der Waals surface area contributed by atoms with Crippen molar-refractivity contribution in [2.45, 2.75) is 6.54 Å². The average molecular weight is 375 g/mol. The van der Waals surface area contributed by atoms with E-state index in [0.717, 1.165) is 31.9 Å². The SMILES string of the molecule is CN(Cc1ccc(N2CCOCC2)cc1)C(=O)COc1ccc(Cl)cc1. The van der Waals surface area contributed by atoms with Crippen molar-refractivity contribution in [3.05, 3.63) is 59.1 Å². The molecule has 3 rings (SSSR count). The number of likely N-dealkylation sites (N-methyl/N-ethyl adjacent to an activating group) is 1. The topological polar surface area (TPSA) is 42.0 Å². The maximum absolute atomic E-state index is 12.3. The molecular weight excluding hydrogens is 352 g/mol. The van der Waals surface area contributed by atoms with Crippen molar-refractivity contribution in [1.29, 1.82) is 0 Å². The molecule has 1 aliphatic heterocycles. The summed E-state index contributed by atoms with van der Waals surface area (Å²) in [6, 6.07) is 15.3. The van der Waals surface area contributed by atoms with Gasteiger partial charge in [-0.25, -0.2) is 0 Å². The summed E-state index contributed by atoms with van der Waals surface area (Å²) < 4.78 is 10.9. The number of hydrogen-bond donors (Lipinski definition) is 0. The van der Waals surface area contributed by atoms with Crippen molar-refractivity contribution in [2.24, 2.45) is 0 Å². The number of hydrogen-bond acceptors (Lipinski definition) is 4. The fourth-order valence-corrected chi connectivity index (χ4v) is 2.91. The highest BCUT2D eigenvalue weighted by Gasteiger charge is 2.13. The maximum atomic E-state index is 12.3. The first kappa shape index (κ1) is 18.5. The summed E-state index contributed by atoms with van der Waals surface area (Å²) in [6.07, 6.45) is 0. The van der Waals surface area contributed by atoms with Crippen LogP contribution in [0, 0.1) is 0 Å². The summed E-state index contributed by atoms with van der Waals surface area (Å²) in [5.74, 6) is 0.559. The number of halogens is 1. The minimum Gasteiger partial charge on any atom is -0.484 e. The van der Waals surface area contributed by atoms with Crippen LogP contribution in [0.5, 0.6) is 5.75 Å². The van der Waals surface area contributed by atoms with E-state index in [2.05, 4.69) is 29.2 Å². The largest absolute Gasteiger partial charge is 0.484 e. The minimum absolute atomic E-state index is 0.00396. The molecule has 0 radical (unpaired) electrons. The Balaban J connectivity index is 1.49. The lowest BCUT2D eigenvalue weighted by Crippen LogP contribution is -2.36. The van der Waals surface area contributed by atoms with Gasteiger partial charge in [-0.1, -0.05) is 23.7 Å². The van der Waals surface area contributed by atoms with E-state index in [4.69, 9.17) is 21.1 Å². The van der Waals surface area contributed by atoms with Gasteiger partial charge in [-0.15, -0.1) is 0 Å². The molecule has 1 amide bonds. The maximum Gasteiger partial charge on any atom is 0.260 e. The molecule has 1 saturated heterocycles. The van der Waals surface area contributed by atoms with Crippen LogP contribution in [0.1, 0.15) is 5.56 Å². The molecule has 2 aromatic rings. The van der Waals surface area contributed by atoms with E-state index in [1.54, 1.807) is 36.2 Å². The van der Waals surface area contributed by atoms with Crippen molar-refractivity contribution < 1.29 is 14.3 Å². The zero-order valence-electron chi connectivity index (χ0n) is 14.9. The Labute approximate surface area is 159 Å². The van der Waals surface area contributed by atoms with Crippen molar-refractivity contribution in [2.75, 3.05) is 44.9 Å². The molecule has 0 N–H and O–H groups in total. The molecule has 0 saturated carbocycles. The molecule has 1 fully saturated rings. The Morgan fingerprint density at radius 3 is 2.42 bits per heavy atom. The van der Waals surface area contributed by atoms with Crippen LogP contribution >= 0.6 is 11.6 Å². The van der Waals surface area contributed by atoms with Gasteiger partial charge in [-0.3, -0.25) is 4.79 Å². The summed E-state index contributed by atoms with van der Waals surface area (Å²) in [5, 5.41) is 0.640. The van der Waals surface area contributed by atoms with Gasteiger partial charge in [0, 0.05) is 37.4 Å². The Hall–Kier alpha value is -2.24. The Morgan fingerprint density at radius 1 is 1.12 bits per heavy atom. The number of carbonyl (C=O) groups is 1. The molecule has 138 valence electrons. The molecule has 1 aliphatic rings. The molecule has 5 nitrogen and oxygen atoms in total. The van der Waals surface area contributed by atoms with E-state index in [-0.39, 0.29) is 12.5 Å². The van der Waals surface area contributed by atoms with Crippen LogP contribution in [-0.4, -0.2) is 50.8 Å². The summed E-state index contributed by atoms with van der Waals surface area (Å²) in [4.78, 5) is 16.2. The average Bonchev–Trinajstić information content (AvgIpc) is 2.68. The number of rotatable bonds is 6. The first-order valence-electron chi connectivity index (χ1n) is 8.66. The Morgan fingerprint density at radius 2 is 1.77 bits per heavy atom. The lowest BCUT2D eigenvalue weighted by molar-refractivity contribution is -0.132. The van der Waals surface area contributed by atoms with Gasteiger partial charge < -0.3 is 19.3 Å². The van der Waals surface area contributed by atoms with Gasteiger partial charge in [0.2, 0.25) is 0 Å². The second-order valence-corrected chi connectivity index (χ2v) is 6.69. The summed E-state index contributed by atoms with van der Waals surface area (Å²) in [7, 11) is 1.78. The lowest BCUT2D eigenvalue weighted by Gasteiger charge is -2.29. The predicted octanol–water partition coefficient (Wildman–Crippen LogP) is 3.21. The summed E-state index contributed by atoms with van der Waals surface area (Å²) >= 11 is 5.84. The van der Waals surface area contributed by atoms with Crippen molar-refractivity contribution in [1.82, 2.24) is 4.90 Å². The highest BCUT2D eigenvalue weighted by atomic mass is 35.5. The van der Waals surface area contributed by atoms with Gasteiger partial charge >= 0.3 is 0 Å². The predicted molar refractivity (Wildman–Crippen MR) is 103 cm³/mol. The molecule has 6 heteroatoms. The van der Waals surface area contributed by atoms with E-state index in [9.17, 15) is 4.79 Å². The van der Waals surface area contributed by atoms with Crippen molar-refractivity contribution >= 4 is 23.2 Å². The van der Waals surface area contributed by atoms with E-state index < -0.39 is 0 Å². The summed E-state index contributed by atoms with van der Waals surface area (Å²) in [6.45, 7) is 3.93. The minimum atomic E-state index is -0.0720. The Kier molecular flexibility index (Phi) is 6.36. The lowest BCUT2D eigenvalue weighted by atomic mass is 10.1. The number of carbonyl (C=O) groups excluding carboxylic acids is 1. The number of benzene rings is 2. The fourth-order valence-electron chi connectivity index (χ4n) is 2.78. The normalized spacial score (nSPS) is 14.2. The summed E-state index contributed by atoms with van der Waals surface area (Å²) in [5.41, 5.74) is 2.28. The van der Waals surface area contributed by atoms with E-state index in [1.165, 1.54) is 5.69 Å². The number of nitrogens with zero attached hydrogens (tertiary/aromatic N) is 2. The van der Waals surface area contributed by atoms with Crippen LogP contribution in [0.4, 0.5) is 5.69 Å². The van der Waals surface area contributed by atoms with Gasteiger partial charge in [0.1, 0.15) is 5.75 Å². The quantitative estimate of drug-likeness (QED) is 0.778. The standard InChI is InChI=1S/C20H23ClN2O3/c1-22(20(24)15-26-19-8-4-17(21)5-9-19)14-16-2-6-18(7-3-16)23-10-12-25-13-11-23/h2-9H,10-15H2,1H3. The zero-order valence-corrected chi connectivity index (χ0v) is 15.6. The molecule has 0 atom stereocenters. The molecule has 0 aliphatic carbocycles. The second-order valence-electron chi connectivity index (χ2n) is 6.26. The first-order valence-corrected chi connectivity index (χ1v) is 9.03. The molecule has 2 aromatic carbocycles. The highest BCUT2D eigenvalue weighted by molar-refractivity contribution is 6.30. The van der Waals surface area contributed by atoms with Crippen molar-refractivity contribution in [3.8, 4) is 5.75 Å². The van der Waals surface area contributed by atoms with Crippen LogP contribution in [0.15, 0.2) is 48.5 Å². The Bertz CT molecular complexity index is 713. The van der Waals surface area contributed by atoms with E-state index in [0.29, 0.717) is 17.3 Å².